The van der Waals surface area contributed by atoms with E-state index in [-0.39, 0.29) is 23.1 Å². The van der Waals surface area contributed by atoms with Crippen molar-refractivity contribution in [2.75, 3.05) is 14.2 Å². The van der Waals surface area contributed by atoms with Crippen molar-refractivity contribution >= 4 is 11.9 Å². The van der Waals surface area contributed by atoms with E-state index in [1.165, 1.54) is 18.9 Å². The second-order valence-electron chi connectivity index (χ2n) is 6.64. The van der Waals surface area contributed by atoms with E-state index in [0.717, 1.165) is 6.42 Å². The van der Waals surface area contributed by atoms with Crippen molar-refractivity contribution in [2.45, 2.75) is 26.4 Å². The topological polar surface area (TPSA) is 79.7 Å². The molecule has 0 radical (unpaired) electrons. The normalized spacial score (nSPS) is 11.6. The summed E-state index contributed by atoms with van der Waals surface area (Å²) in [6.45, 7) is 3.98. The van der Waals surface area contributed by atoms with Crippen LogP contribution in [0.5, 0.6) is 5.75 Å². The highest BCUT2D eigenvalue weighted by Gasteiger charge is 2.32. The zero-order valence-corrected chi connectivity index (χ0v) is 17.4. The van der Waals surface area contributed by atoms with Gasteiger partial charge in [0.2, 0.25) is 0 Å². The number of esters is 2. The van der Waals surface area contributed by atoms with E-state index in [2.05, 4.69) is 5.10 Å². The Kier molecular flexibility index (Phi) is 6.51. The van der Waals surface area contributed by atoms with Crippen LogP contribution in [0, 0.1) is 0 Å². The van der Waals surface area contributed by atoms with E-state index in [1.54, 1.807) is 18.2 Å². The summed E-state index contributed by atoms with van der Waals surface area (Å²) < 4.78 is 17.4. The zero-order valence-electron chi connectivity index (χ0n) is 17.4. The number of ether oxygens (including phenoxy) is 3. The molecule has 0 aliphatic carbocycles. The number of hydrogen-bond acceptors (Lipinski definition) is 6. The first-order valence-corrected chi connectivity index (χ1v) is 9.62. The number of rotatable bonds is 7. The third-order valence-electron chi connectivity index (χ3n) is 4.70. The molecule has 0 saturated heterocycles. The van der Waals surface area contributed by atoms with Crippen LogP contribution in [0.25, 0.3) is 16.9 Å². The molecule has 1 unspecified atom stereocenters. The summed E-state index contributed by atoms with van der Waals surface area (Å²) >= 11 is 0. The number of benzene rings is 2. The SMILES string of the molecule is CCC(C)Oc1ccccc1-c1nn(-c2ccccc2)c(C(=O)OC)c1C(=O)OC. The van der Waals surface area contributed by atoms with Crippen LogP contribution in [0.1, 0.15) is 41.1 Å². The van der Waals surface area contributed by atoms with Gasteiger partial charge in [0.15, 0.2) is 5.69 Å². The second kappa shape index (κ2) is 9.26. The lowest BCUT2D eigenvalue weighted by atomic mass is 10.0. The predicted octanol–water partition coefficient (Wildman–Crippen LogP) is 4.29. The van der Waals surface area contributed by atoms with Crippen molar-refractivity contribution in [3.8, 4) is 22.7 Å². The largest absolute Gasteiger partial charge is 0.490 e. The average molecular weight is 408 g/mol. The van der Waals surface area contributed by atoms with Gasteiger partial charge in [-0.3, -0.25) is 0 Å². The summed E-state index contributed by atoms with van der Waals surface area (Å²) in [6, 6.07) is 16.3. The van der Waals surface area contributed by atoms with Crippen LogP contribution in [0.3, 0.4) is 0 Å². The molecule has 0 saturated carbocycles. The van der Waals surface area contributed by atoms with Crippen LogP contribution < -0.4 is 4.74 Å². The third-order valence-corrected chi connectivity index (χ3v) is 4.70. The quantitative estimate of drug-likeness (QED) is 0.543. The fourth-order valence-electron chi connectivity index (χ4n) is 3.01. The maximum Gasteiger partial charge on any atom is 0.357 e. The lowest BCUT2D eigenvalue weighted by Crippen LogP contribution is -2.15. The van der Waals surface area contributed by atoms with Gasteiger partial charge in [0.1, 0.15) is 17.0 Å². The molecule has 0 amide bonds. The van der Waals surface area contributed by atoms with E-state index in [0.29, 0.717) is 17.0 Å². The Labute approximate surface area is 175 Å². The smallest absolute Gasteiger partial charge is 0.357 e. The molecule has 1 aromatic heterocycles. The van der Waals surface area contributed by atoms with Gasteiger partial charge >= 0.3 is 11.9 Å². The lowest BCUT2D eigenvalue weighted by molar-refractivity contribution is 0.0549. The summed E-state index contributed by atoms with van der Waals surface area (Å²) in [5.74, 6) is -0.824. The number of aromatic nitrogens is 2. The number of carbonyl (C=O) groups excluding carboxylic acids is 2. The van der Waals surface area contributed by atoms with Crippen molar-refractivity contribution < 1.29 is 23.8 Å². The van der Waals surface area contributed by atoms with Gasteiger partial charge in [0.05, 0.1) is 26.0 Å². The van der Waals surface area contributed by atoms with Gasteiger partial charge in [-0.05, 0) is 37.6 Å². The minimum Gasteiger partial charge on any atom is -0.490 e. The van der Waals surface area contributed by atoms with E-state index >= 15 is 0 Å². The number of para-hydroxylation sites is 2. The Morgan fingerprint density at radius 3 is 2.23 bits per heavy atom. The molecule has 156 valence electrons. The predicted molar refractivity (Wildman–Crippen MR) is 112 cm³/mol. The van der Waals surface area contributed by atoms with E-state index < -0.39 is 11.9 Å². The van der Waals surface area contributed by atoms with Gasteiger partial charge in [-0.25, -0.2) is 14.3 Å². The van der Waals surface area contributed by atoms with Crippen molar-refractivity contribution in [3.63, 3.8) is 0 Å². The van der Waals surface area contributed by atoms with Crippen molar-refractivity contribution in [3.05, 3.63) is 65.9 Å². The molecular weight excluding hydrogens is 384 g/mol. The van der Waals surface area contributed by atoms with E-state index in [1.807, 2.05) is 50.2 Å². The van der Waals surface area contributed by atoms with Crippen LogP contribution >= 0.6 is 0 Å². The zero-order chi connectivity index (χ0) is 21.7. The Balaban J connectivity index is 2.32. The fourth-order valence-corrected chi connectivity index (χ4v) is 3.01. The Hall–Kier alpha value is -3.61. The molecule has 0 fully saturated rings. The molecule has 1 heterocycles. The van der Waals surface area contributed by atoms with Gasteiger partial charge in [-0.2, -0.15) is 5.10 Å². The number of carbonyl (C=O) groups is 2. The van der Waals surface area contributed by atoms with Crippen molar-refractivity contribution in [2.24, 2.45) is 0 Å². The van der Waals surface area contributed by atoms with Gasteiger partial charge in [0, 0.05) is 5.56 Å². The number of hydrogen-bond donors (Lipinski definition) is 0. The van der Waals surface area contributed by atoms with Gasteiger partial charge in [-0.15, -0.1) is 0 Å². The number of methoxy groups -OCH3 is 2. The highest BCUT2D eigenvalue weighted by Crippen LogP contribution is 2.35. The summed E-state index contributed by atoms with van der Waals surface area (Å²) in [4.78, 5) is 25.4. The van der Waals surface area contributed by atoms with Crippen LogP contribution in [0.15, 0.2) is 54.6 Å². The minimum atomic E-state index is -0.696. The molecule has 3 aromatic rings. The number of nitrogens with zero attached hydrogens (tertiary/aromatic N) is 2. The molecule has 0 spiro atoms. The molecular formula is C23H24N2O5. The molecule has 0 N–H and O–H groups in total. The van der Waals surface area contributed by atoms with Crippen LogP contribution in [0.4, 0.5) is 0 Å². The van der Waals surface area contributed by atoms with Gasteiger partial charge in [-0.1, -0.05) is 37.3 Å². The second-order valence-corrected chi connectivity index (χ2v) is 6.64. The van der Waals surface area contributed by atoms with Gasteiger partial charge in [0.25, 0.3) is 0 Å². The molecule has 1 atom stereocenters. The molecule has 0 bridgehead atoms. The first-order chi connectivity index (χ1) is 14.5. The maximum absolute atomic E-state index is 12.8. The van der Waals surface area contributed by atoms with E-state index in [9.17, 15) is 9.59 Å². The summed E-state index contributed by atoms with van der Waals surface area (Å²) in [7, 11) is 2.51. The minimum absolute atomic E-state index is 0.0103. The Morgan fingerprint density at radius 2 is 1.60 bits per heavy atom. The van der Waals surface area contributed by atoms with Crippen molar-refractivity contribution in [1.29, 1.82) is 0 Å². The fraction of sp³-hybridized carbons (Fsp3) is 0.261. The Morgan fingerprint density at radius 1 is 0.967 bits per heavy atom. The first kappa shape index (κ1) is 21.1. The average Bonchev–Trinajstić information content (AvgIpc) is 3.19. The monoisotopic (exact) mass is 408 g/mol. The standard InChI is InChI=1S/C23H24N2O5/c1-5-15(2)30-18-14-10-9-13-17(18)20-19(22(26)28-3)21(23(27)29-4)25(24-20)16-11-7-6-8-12-16/h6-15H,5H2,1-4H3. The maximum atomic E-state index is 12.8. The summed E-state index contributed by atoms with van der Waals surface area (Å²) in [5.41, 5.74) is 1.48. The highest BCUT2D eigenvalue weighted by molar-refractivity contribution is 6.07. The summed E-state index contributed by atoms with van der Waals surface area (Å²) in [5, 5.41) is 4.62. The molecule has 3 rings (SSSR count). The summed E-state index contributed by atoms with van der Waals surface area (Å²) in [6.07, 6.45) is 0.772. The third kappa shape index (κ3) is 4.05. The molecule has 0 aliphatic rings. The Bertz CT molecular complexity index is 1040. The van der Waals surface area contributed by atoms with E-state index in [4.69, 9.17) is 14.2 Å². The van der Waals surface area contributed by atoms with Crippen LogP contribution in [0.2, 0.25) is 0 Å². The highest BCUT2D eigenvalue weighted by atomic mass is 16.5. The first-order valence-electron chi connectivity index (χ1n) is 9.62. The lowest BCUT2D eigenvalue weighted by Gasteiger charge is -2.15. The molecule has 7 heteroatoms. The molecule has 7 nitrogen and oxygen atoms in total. The van der Waals surface area contributed by atoms with Crippen molar-refractivity contribution in [1.82, 2.24) is 9.78 Å². The van der Waals surface area contributed by atoms with Gasteiger partial charge < -0.3 is 14.2 Å². The van der Waals surface area contributed by atoms with Crippen LogP contribution in [-0.4, -0.2) is 42.0 Å². The van der Waals surface area contributed by atoms with Crippen LogP contribution in [-0.2, 0) is 9.47 Å². The molecule has 2 aromatic carbocycles. The molecule has 30 heavy (non-hydrogen) atoms. The molecule has 0 aliphatic heterocycles.